The lowest BCUT2D eigenvalue weighted by Gasteiger charge is -2.07. The minimum atomic E-state index is -0.668. The van der Waals surface area contributed by atoms with Gasteiger partial charge in [0.25, 0.3) is 11.4 Å². The molecule has 1 aromatic heterocycles. The van der Waals surface area contributed by atoms with Crippen molar-refractivity contribution in [1.29, 1.82) is 0 Å². The van der Waals surface area contributed by atoms with Crippen LogP contribution in [0, 0.1) is 27.2 Å². The molecule has 8 nitrogen and oxygen atoms in total. The van der Waals surface area contributed by atoms with Crippen LogP contribution in [0.15, 0.2) is 36.4 Å². The summed E-state index contributed by atoms with van der Waals surface area (Å²) >= 11 is 0. The van der Waals surface area contributed by atoms with E-state index >= 15 is 0 Å². The van der Waals surface area contributed by atoms with Gasteiger partial charge in [0.1, 0.15) is 5.69 Å². The van der Waals surface area contributed by atoms with E-state index in [-0.39, 0.29) is 17.1 Å². The van der Waals surface area contributed by atoms with Crippen LogP contribution in [0.3, 0.4) is 0 Å². The van der Waals surface area contributed by atoms with Gasteiger partial charge in [-0.2, -0.15) is 0 Å². The van der Waals surface area contributed by atoms with Gasteiger partial charge in [-0.05, 0) is 25.1 Å². The number of nitrogens with one attached hydrogen (secondary N) is 1. The topological polar surface area (TPSA) is 111 Å². The predicted molar refractivity (Wildman–Crippen MR) is 76.1 cm³/mol. The third kappa shape index (κ3) is 3.50. The summed E-state index contributed by atoms with van der Waals surface area (Å²) in [6, 6.07) is 8.95. The van der Waals surface area contributed by atoms with Crippen molar-refractivity contribution in [3.63, 3.8) is 0 Å². The molecular formula is C13H12N4O4. The van der Waals surface area contributed by atoms with Crippen molar-refractivity contribution in [3.05, 3.63) is 68.0 Å². The van der Waals surface area contributed by atoms with Gasteiger partial charge in [-0.3, -0.25) is 25.2 Å². The Labute approximate surface area is 119 Å². The molecule has 2 aromatic rings. The minimum Gasteiger partial charge on any atom is -0.374 e. The summed E-state index contributed by atoms with van der Waals surface area (Å²) in [5, 5.41) is 24.5. The molecule has 0 aliphatic carbocycles. The Hall–Kier alpha value is -3.03. The maximum atomic E-state index is 11.0. The second-order valence-electron chi connectivity index (χ2n) is 4.34. The van der Waals surface area contributed by atoms with E-state index in [2.05, 4.69) is 10.3 Å². The predicted octanol–water partition coefficient (Wildman–Crippen LogP) is 2.82. The number of pyridine rings is 1. The lowest BCUT2D eigenvalue weighted by molar-refractivity contribution is -0.393. The molecule has 1 N–H and O–H groups in total. The molecule has 108 valence electrons. The van der Waals surface area contributed by atoms with Gasteiger partial charge in [0.2, 0.25) is 0 Å². The first-order chi connectivity index (χ1) is 9.97. The maximum Gasteiger partial charge on any atom is 0.299 e. The fourth-order valence-electron chi connectivity index (χ4n) is 1.82. The van der Waals surface area contributed by atoms with Gasteiger partial charge < -0.3 is 5.32 Å². The van der Waals surface area contributed by atoms with Crippen LogP contribution < -0.4 is 5.32 Å². The highest BCUT2D eigenvalue weighted by Gasteiger charge is 2.19. The standard InChI is InChI=1S/C13H12N4O4/c1-9-3-2-4-10(15-9)8-14-12-6-5-11(16(18)19)7-13(12)17(20)21/h2-7,14H,8H2,1H3. The Morgan fingerprint density at radius 2 is 1.90 bits per heavy atom. The van der Waals surface area contributed by atoms with Crippen molar-refractivity contribution >= 4 is 17.1 Å². The van der Waals surface area contributed by atoms with E-state index in [1.807, 2.05) is 19.1 Å². The number of hydrogen-bond acceptors (Lipinski definition) is 6. The lowest BCUT2D eigenvalue weighted by atomic mass is 10.2. The van der Waals surface area contributed by atoms with Gasteiger partial charge >= 0.3 is 0 Å². The summed E-state index contributed by atoms with van der Waals surface area (Å²) in [6.45, 7) is 2.14. The quantitative estimate of drug-likeness (QED) is 0.668. The molecule has 0 unspecified atom stereocenters. The van der Waals surface area contributed by atoms with Gasteiger partial charge in [0.15, 0.2) is 0 Å². The highest BCUT2D eigenvalue weighted by molar-refractivity contribution is 5.65. The molecule has 2 rings (SSSR count). The van der Waals surface area contributed by atoms with E-state index in [9.17, 15) is 20.2 Å². The number of benzene rings is 1. The second-order valence-corrected chi connectivity index (χ2v) is 4.34. The van der Waals surface area contributed by atoms with Crippen LogP contribution in [0.4, 0.5) is 17.1 Å². The zero-order valence-electron chi connectivity index (χ0n) is 11.1. The molecule has 0 amide bonds. The van der Waals surface area contributed by atoms with Crippen LogP contribution >= 0.6 is 0 Å². The number of aryl methyl sites for hydroxylation is 1. The molecule has 0 fully saturated rings. The largest absolute Gasteiger partial charge is 0.374 e. The molecule has 0 radical (unpaired) electrons. The molecule has 1 aromatic carbocycles. The fraction of sp³-hybridized carbons (Fsp3) is 0.154. The zero-order valence-corrected chi connectivity index (χ0v) is 11.1. The van der Waals surface area contributed by atoms with Crippen LogP contribution in [0.5, 0.6) is 0 Å². The first-order valence-corrected chi connectivity index (χ1v) is 6.06. The number of nitro benzene ring substituents is 2. The van der Waals surface area contributed by atoms with Crippen LogP contribution in [-0.2, 0) is 6.54 Å². The number of nitro groups is 2. The molecular weight excluding hydrogens is 276 g/mol. The average molecular weight is 288 g/mol. The Kier molecular flexibility index (Phi) is 4.07. The summed E-state index contributed by atoms with van der Waals surface area (Å²) in [5.41, 5.74) is 1.13. The van der Waals surface area contributed by atoms with Gasteiger partial charge in [-0.15, -0.1) is 0 Å². The summed E-state index contributed by atoms with van der Waals surface area (Å²) < 4.78 is 0. The molecule has 0 aliphatic heterocycles. The van der Waals surface area contributed by atoms with Crippen molar-refractivity contribution < 1.29 is 9.85 Å². The van der Waals surface area contributed by atoms with Crippen molar-refractivity contribution in [3.8, 4) is 0 Å². The summed E-state index contributed by atoms with van der Waals surface area (Å²) in [5.74, 6) is 0. The zero-order chi connectivity index (χ0) is 15.4. The smallest absolute Gasteiger partial charge is 0.299 e. The average Bonchev–Trinajstić information content (AvgIpc) is 2.44. The Morgan fingerprint density at radius 3 is 2.52 bits per heavy atom. The van der Waals surface area contributed by atoms with Crippen LogP contribution in [-0.4, -0.2) is 14.8 Å². The Morgan fingerprint density at radius 1 is 1.14 bits per heavy atom. The summed E-state index contributed by atoms with van der Waals surface area (Å²) in [6.07, 6.45) is 0. The van der Waals surface area contributed by atoms with Crippen LogP contribution in [0.2, 0.25) is 0 Å². The minimum absolute atomic E-state index is 0.217. The van der Waals surface area contributed by atoms with Gasteiger partial charge in [-0.25, -0.2) is 0 Å². The van der Waals surface area contributed by atoms with E-state index in [4.69, 9.17) is 0 Å². The van der Waals surface area contributed by atoms with Crippen LogP contribution in [0.1, 0.15) is 11.4 Å². The normalized spacial score (nSPS) is 10.1. The van der Waals surface area contributed by atoms with Gasteiger partial charge in [0.05, 0.1) is 28.2 Å². The molecule has 21 heavy (non-hydrogen) atoms. The first kappa shape index (κ1) is 14.4. The van der Waals surface area contributed by atoms with Crippen molar-refractivity contribution in [2.45, 2.75) is 13.5 Å². The highest BCUT2D eigenvalue weighted by Crippen LogP contribution is 2.29. The third-order valence-electron chi connectivity index (χ3n) is 2.79. The fourth-order valence-corrected chi connectivity index (χ4v) is 1.82. The molecule has 0 bridgehead atoms. The van der Waals surface area contributed by atoms with Gasteiger partial charge in [-0.1, -0.05) is 6.07 Å². The number of rotatable bonds is 5. The Bertz CT molecular complexity index is 702. The van der Waals surface area contributed by atoms with E-state index in [0.29, 0.717) is 6.54 Å². The SMILES string of the molecule is Cc1cccc(CNc2ccc([N+](=O)[O-])cc2[N+](=O)[O-])n1. The summed E-state index contributed by atoms with van der Waals surface area (Å²) in [7, 11) is 0. The maximum absolute atomic E-state index is 11.0. The molecule has 0 atom stereocenters. The number of nitrogens with zero attached hydrogens (tertiary/aromatic N) is 3. The van der Waals surface area contributed by atoms with E-state index in [0.717, 1.165) is 17.5 Å². The molecule has 0 saturated carbocycles. The molecule has 8 heteroatoms. The molecule has 1 heterocycles. The van der Waals surface area contributed by atoms with Crippen molar-refractivity contribution in [2.75, 3.05) is 5.32 Å². The molecule has 0 spiro atoms. The molecule has 0 saturated heterocycles. The van der Waals surface area contributed by atoms with Crippen LogP contribution in [0.25, 0.3) is 0 Å². The number of non-ortho nitro benzene ring substituents is 1. The second kappa shape index (κ2) is 5.95. The van der Waals surface area contributed by atoms with Crippen molar-refractivity contribution in [2.24, 2.45) is 0 Å². The monoisotopic (exact) mass is 288 g/mol. The number of hydrogen-bond donors (Lipinski definition) is 1. The van der Waals surface area contributed by atoms with Gasteiger partial charge in [0, 0.05) is 11.8 Å². The lowest BCUT2D eigenvalue weighted by Crippen LogP contribution is -2.05. The number of aromatic nitrogens is 1. The summed E-state index contributed by atoms with van der Waals surface area (Å²) in [4.78, 5) is 24.6. The molecule has 0 aliphatic rings. The third-order valence-corrected chi connectivity index (χ3v) is 2.79. The Balaban J connectivity index is 2.23. The first-order valence-electron chi connectivity index (χ1n) is 6.06. The van der Waals surface area contributed by atoms with E-state index in [1.54, 1.807) is 6.07 Å². The number of anilines is 1. The highest BCUT2D eigenvalue weighted by atomic mass is 16.6. The van der Waals surface area contributed by atoms with Crippen molar-refractivity contribution in [1.82, 2.24) is 4.98 Å². The van der Waals surface area contributed by atoms with E-state index < -0.39 is 9.85 Å². The van der Waals surface area contributed by atoms with E-state index in [1.165, 1.54) is 12.1 Å².